The van der Waals surface area contributed by atoms with E-state index in [-0.39, 0.29) is 0 Å². The van der Waals surface area contributed by atoms with Gasteiger partial charge >= 0.3 is 0 Å². The van der Waals surface area contributed by atoms with Gasteiger partial charge in [0.05, 0.1) is 6.61 Å². The van der Waals surface area contributed by atoms with Crippen molar-refractivity contribution in [1.82, 2.24) is 5.32 Å². The Kier molecular flexibility index (Phi) is 5.48. The van der Waals surface area contributed by atoms with Gasteiger partial charge < -0.3 is 10.1 Å². The van der Waals surface area contributed by atoms with Gasteiger partial charge in [0.1, 0.15) is 0 Å². The normalized spacial score (nSPS) is 24.1. The van der Waals surface area contributed by atoms with Crippen LogP contribution >= 0.6 is 11.6 Å². The fraction of sp³-hybridized carbons (Fsp3) is 0.600. The molecule has 100 valence electrons. The van der Waals surface area contributed by atoms with Crippen LogP contribution in [0.3, 0.4) is 0 Å². The largest absolute Gasteiger partial charge is 0.381 e. The van der Waals surface area contributed by atoms with Gasteiger partial charge in [0.2, 0.25) is 0 Å². The molecule has 0 aromatic heterocycles. The van der Waals surface area contributed by atoms with Crippen molar-refractivity contribution < 1.29 is 4.74 Å². The predicted octanol–water partition coefficient (Wildman–Crippen LogP) is 3.29. The first kappa shape index (κ1) is 13.9. The highest BCUT2D eigenvalue weighted by atomic mass is 35.5. The second kappa shape index (κ2) is 7.13. The lowest BCUT2D eigenvalue weighted by Crippen LogP contribution is -2.43. The molecule has 1 fully saturated rings. The lowest BCUT2D eigenvalue weighted by molar-refractivity contribution is 0.0323. The Morgan fingerprint density at radius 2 is 2.33 bits per heavy atom. The Morgan fingerprint density at radius 1 is 1.44 bits per heavy atom. The van der Waals surface area contributed by atoms with Gasteiger partial charge in [-0.2, -0.15) is 0 Å². The topological polar surface area (TPSA) is 21.3 Å². The van der Waals surface area contributed by atoms with Crippen molar-refractivity contribution in [2.45, 2.75) is 32.2 Å². The highest BCUT2D eigenvalue weighted by Gasteiger charge is 2.25. The van der Waals surface area contributed by atoms with Crippen molar-refractivity contribution in [3.63, 3.8) is 0 Å². The van der Waals surface area contributed by atoms with Crippen LogP contribution in [0.5, 0.6) is 0 Å². The molecule has 2 rings (SSSR count). The average Bonchev–Trinajstić information content (AvgIpc) is 2.38. The maximum atomic E-state index is 6.04. The molecule has 0 amide bonds. The first-order valence-electron chi connectivity index (χ1n) is 6.85. The summed E-state index contributed by atoms with van der Waals surface area (Å²) in [5, 5.41) is 4.46. The summed E-state index contributed by atoms with van der Waals surface area (Å²) < 4.78 is 5.62. The first-order chi connectivity index (χ1) is 8.79. The minimum Gasteiger partial charge on any atom is -0.381 e. The van der Waals surface area contributed by atoms with Crippen molar-refractivity contribution >= 4 is 11.6 Å². The minimum absolute atomic E-state index is 0.559. The van der Waals surface area contributed by atoms with Crippen molar-refractivity contribution in [3.8, 4) is 0 Å². The molecular weight excluding hydrogens is 246 g/mol. The zero-order valence-electron chi connectivity index (χ0n) is 11.0. The number of ether oxygens (including phenoxy) is 1. The van der Waals surface area contributed by atoms with Crippen LogP contribution in [0.4, 0.5) is 0 Å². The van der Waals surface area contributed by atoms with E-state index in [9.17, 15) is 0 Å². The molecule has 1 aromatic carbocycles. The molecular formula is C15H22ClNO. The SMILES string of the molecule is CCCNC1CCOCC1Cc1cccc(Cl)c1. The van der Waals surface area contributed by atoms with Crippen LogP contribution in [0.25, 0.3) is 0 Å². The molecule has 18 heavy (non-hydrogen) atoms. The van der Waals surface area contributed by atoms with Crippen molar-refractivity contribution in [1.29, 1.82) is 0 Å². The Labute approximate surface area is 115 Å². The second-order valence-corrected chi connectivity index (χ2v) is 5.45. The Morgan fingerprint density at radius 3 is 3.11 bits per heavy atom. The summed E-state index contributed by atoms with van der Waals surface area (Å²) in [4.78, 5) is 0. The van der Waals surface area contributed by atoms with Gasteiger partial charge in [-0.05, 0) is 43.5 Å². The van der Waals surface area contributed by atoms with Gasteiger partial charge in [-0.25, -0.2) is 0 Å². The van der Waals surface area contributed by atoms with E-state index in [4.69, 9.17) is 16.3 Å². The van der Waals surface area contributed by atoms with Crippen molar-refractivity contribution in [2.24, 2.45) is 5.92 Å². The molecule has 3 heteroatoms. The molecule has 0 bridgehead atoms. The predicted molar refractivity (Wildman–Crippen MR) is 76.2 cm³/mol. The number of hydrogen-bond donors (Lipinski definition) is 1. The van der Waals surface area contributed by atoms with Gasteiger partial charge in [0, 0.05) is 23.6 Å². The summed E-state index contributed by atoms with van der Waals surface area (Å²) in [5.74, 6) is 0.559. The summed E-state index contributed by atoms with van der Waals surface area (Å²) in [6.07, 6.45) is 3.34. The maximum Gasteiger partial charge on any atom is 0.0512 e. The summed E-state index contributed by atoms with van der Waals surface area (Å²) >= 11 is 6.04. The van der Waals surface area contributed by atoms with Crippen LogP contribution < -0.4 is 5.32 Å². The summed E-state index contributed by atoms with van der Waals surface area (Å²) in [6, 6.07) is 8.74. The summed E-state index contributed by atoms with van der Waals surface area (Å²) in [7, 11) is 0. The zero-order chi connectivity index (χ0) is 12.8. The summed E-state index contributed by atoms with van der Waals surface area (Å²) in [5.41, 5.74) is 1.31. The van der Waals surface area contributed by atoms with E-state index in [0.717, 1.165) is 37.6 Å². The van der Waals surface area contributed by atoms with Crippen LogP contribution in [0.2, 0.25) is 5.02 Å². The summed E-state index contributed by atoms with van der Waals surface area (Å²) in [6.45, 7) is 5.04. The molecule has 0 aliphatic carbocycles. The third-order valence-corrected chi connectivity index (χ3v) is 3.75. The van der Waals surface area contributed by atoms with E-state index in [0.29, 0.717) is 12.0 Å². The van der Waals surface area contributed by atoms with Crippen molar-refractivity contribution in [3.05, 3.63) is 34.9 Å². The molecule has 2 nitrogen and oxygen atoms in total. The molecule has 0 saturated carbocycles. The second-order valence-electron chi connectivity index (χ2n) is 5.02. The van der Waals surface area contributed by atoms with Crippen molar-refractivity contribution in [2.75, 3.05) is 19.8 Å². The third kappa shape index (κ3) is 3.98. The molecule has 2 unspecified atom stereocenters. The van der Waals surface area contributed by atoms with Gasteiger partial charge in [-0.15, -0.1) is 0 Å². The monoisotopic (exact) mass is 267 g/mol. The van der Waals surface area contributed by atoms with Crippen LogP contribution in [0.15, 0.2) is 24.3 Å². The Balaban J connectivity index is 1.96. The van der Waals surface area contributed by atoms with Crippen LogP contribution in [-0.4, -0.2) is 25.8 Å². The molecule has 0 spiro atoms. The third-order valence-electron chi connectivity index (χ3n) is 3.52. The number of halogens is 1. The van der Waals surface area contributed by atoms with E-state index in [1.807, 2.05) is 12.1 Å². The number of benzene rings is 1. The molecule has 0 radical (unpaired) electrons. The van der Waals surface area contributed by atoms with E-state index in [1.54, 1.807) is 0 Å². The van der Waals surface area contributed by atoms with E-state index >= 15 is 0 Å². The molecule has 1 heterocycles. The lowest BCUT2D eigenvalue weighted by atomic mass is 9.89. The van der Waals surface area contributed by atoms with Crippen LogP contribution in [-0.2, 0) is 11.2 Å². The van der Waals surface area contributed by atoms with Gasteiger partial charge in [-0.3, -0.25) is 0 Å². The van der Waals surface area contributed by atoms with Crippen LogP contribution in [0.1, 0.15) is 25.3 Å². The minimum atomic E-state index is 0.559. The maximum absolute atomic E-state index is 6.04. The van der Waals surface area contributed by atoms with Gasteiger partial charge in [0.15, 0.2) is 0 Å². The molecule has 1 aliphatic heterocycles. The van der Waals surface area contributed by atoms with E-state index in [1.165, 1.54) is 12.0 Å². The number of nitrogens with one attached hydrogen (secondary N) is 1. The van der Waals surface area contributed by atoms with E-state index in [2.05, 4.69) is 24.4 Å². The molecule has 1 aliphatic rings. The molecule has 2 atom stereocenters. The standard InChI is InChI=1S/C15H22ClNO/c1-2-7-17-15-6-8-18-11-13(15)9-12-4-3-5-14(16)10-12/h3-5,10,13,15,17H,2,6-9,11H2,1H3. The highest BCUT2D eigenvalue weighted by Crippen LogP contribution is 2.21. The average molecular weight is 268 g/mol. The quantitative estimate of drug-likeness (QED) is 0.884. The Bertz CT molecular complexity index is 369. The first-order valence-corrected chi connectivity index (χ1v) is 7.23. The van der Waals surface area contributed by atoms with Gasteiger partial charge in [-0.1, -0.05) is 30.7 Å². The number of rotatable bonds is 5. The van der Waals surface area contributed by atoms with E-state index < -0.39 is 0 Å². The van der Waals surface area contributed by atoms with Gasteiger partial charge in [0.25, 0.3) is 0 Å². The molecule has 1 saturated heterocycles. The highest BCUT2D eigenvalue weighted by molar-refractivity contribution is 6.30. The zero-order valence-corrected chi connectivity index (χ0v) is 11.7. The van der Waals surface area contributed by atoms with Crippen LogP contribution in [0, 0.1) is 5.92 Å². The number of hydrogen-bond acceptors (Lipinski definition) is 2. The lowest BCUT2D eigenvalue weighted by Gasteiger charge is -2.32. The Hall–Kier alpha value is -0.570. The molecule has 1 aromatic rings. The fourth-order valence-electron chi connectivity index (χ4n) is 2.56. The molecule has 1 N–H and O–H groups in total. The fourth-order valence-corrected chi connectivity index (χ4v) is 2.78. The smallest absolute Gasteiger partial charge is 0.0512 e.